The van der Waals surface area contributed by atoms with Crippen LogP contribution < -0.4 is 5.32 Å². The maximum Gasteiger partial charge on any atom is 0.314 e. The van der Waals surface area contributed by atoms with Gasteiger partial charge in [-0.2, -0.15) is 8.78 Å². The number of piperidine rings is 1. The van der Waals surface area contributed by atoms with E-state index in [0.29, 0.717) is 23.5 Å². The summed E-state index contributed by atoms with van der Waals surface area (Å²) in [6, 6.07) is 9.58. The van der Waals surface area contributed by atoms with E-state index in [9.17, 15) is 8.78 Å². The minimum Gasteiger partial charge on any atom is -0.415 e. The van der Waals surface area contributed by atoms with Crippen molar-refractivity contribution in [1.29, 1.82) is 0 Å². The van der Waals surface area contributed by atoms with Crippen molar-refractivity contribution in [2.24, 2.45) is 0 Å². The van der Waals surface area contributed by atoms with Crippen molar-refractivity contribution < 1.29 is 17.9 Å². The van der Waals surface area contributed by atoms with E-state index in [1.807, 2.05) is 0 Å². The van der Waals surface area contributed by atoms with Gasteiger partial charge in [-0.3, -0.25) is 4.90 Å². The highest BCUT2D eigenvalue weighted by atomic mass is 19.3. The van der Waals surface area contributed by atoms with Crippen molar-refractivity contribution in [2.45, 2.75) is 56.0 Å². The number of halogens is 2. The summed E-state index contributed by atoms with van der Waals surface area (Å²) in [6.45, 7) is 4.02. The number of benzene rings is 1. The van der Waals surface area contributed by atoms with Crippen LogP contribution in [0.2, 0.25) is 0 Å². The summed E-state index contributed by atoms with van der Waals surface area (Å²) < 4.78 is 35.8. The van der Waals surface area contributed by atoms with Crippen LogP contribution in [0.1, 0.15) is 61.5 Å². The highest BCUT2D eigenvalue weighted by Crippen LogP contribution is 2.44. The second-order valence-corrected chi connectivity index (χ2v) is 9.73. The molecule has 2 aromatic heterocycles. The quantitative estimate of drug-likeness (QED) is 0.525. The first-order chi connectivity index (χ1) is 17.1. The van der Waals surface area contributed by atoms with E-state index >= 15 is 0 Å². The molecule has 3 fully saturated rings. The topological polar surface area (TPSA) is 89.2 Å². The van der Waals surface area contributed by atoms with Gasteiger partial charge in [0.05, 0.1) is 30.4 Å². The van der Waals surface area contributed by atoms with Crippen LogP contribution in [0.4, 0.5) is 14.7 Å². The van der Waals surface area contributed by atoms with Crippen LogP contribution in [-0.2, 0) is 10.3 Å². The predicted molar refractivity (Wildman–Crippen MR) is 124 cm³/mol. The second-order valence-electron chi connectivity index (χ2n) is 9.73. The monoisotopic (exact) mass is 482 g/mol. The molecule has 4 heterocycles. The van der Waals surface area contributed by atoms with E-state index in [0.717, 1.165) is 45.6 Å². The Bertz CT molecular complexity index is 1150. The van der Waals surface area contributed by atoms with Gasteiger partial charge in [0.25, 0.3) is 11.8 Å². The lowest BCUT2D eigenvalue weighted by Crippen LogP contribution is -2.51. The number of anilines is 1. The minimum absolute atomic E-state index is 0.0196. The first kappa shape index (κ1) is 22.5. The molecule has 0 spiro atoms. The van der Waals surface area contributed by atoms with Crippen molar-refractivity contribution in [3.63, 3.8) is 0 Å². The molecule has 184 valence electrons. The van der Waals surface area contributed by atoms with Crippen LogP contribution in [0.25, 0.3) is 11.5 Å². The number of nitrogens with zero attached hydrogens (tertiary/aromatic N) is 5. The molecule has 0 amide bonds. The van der Waals surface area contributed by atoms with Crippen LogP contribution in [0, 0.1) is 0 Å². The lowest BCUT2D eigenvalue weighted by atomic mass is 9.71. The van der Waals surface area contributed by atoms with Crippen molar-refractivity contribution >= 4 is 5.95 Å². The fourth-order valence-corrected chi connectivity index (χ4v) is 5.29. The lowest BCUT2D eigenvalue weighted by molar-refractivity contribution is -0.0712. The van der Waals surface area contributed by atoms with Gasteiger partial charge in [0.1, 0.15) is 0 Å². The third kappa shape index (κ3) is 4.40. The average molecular weight is 483 g/mol. The molecule has 3 aromatic rings. The van der Waals surface area contributed by atoms with Gasteiger partial charge in [-0.05, 0) is 62.2 Å². The van der Waals surface area contributed by atoms with Gasteiger partial charge >= 0.3 is 6.43 Å². The first-order valence-corrected chi connectivity index (χ1v) is 12.2. The van der Waals surface area contributed by atoms with Gasteiger partial charge in [0.2, 0.25) is 5.95 Å². The SMILES string of the molecule is FC(F)c1nnc(-c2cnc(NC3(c4cccc(C5CCN(C6COC6)CC5)c4)CCC3)nc2)o1. The van der Waals surface area contributed by atoms with Gasteiger partial charge in [-0.1, -0.05) is 24.3 Å². The number of aromatic nitrogens is 4. The number of hydrogen-bond acceptors (Lipinski definition) is 8. The molecular weight excluding hydrogens is 454 g/mol. The molecular formula is C25H28F2N6O2. The van der Waals surface area contributed by atoms with E-state index in [1.165, 1.54) is 36.4 Å². The number of rotatable bonds is 7. The molecule has 0 atom stereocenters. The summed E-state index contributed by atoms with van der Waals surface area (Å²) in [5, 5.41) is 10.6. The molecule has 10 heteroatoms. The van der Waals surface area contributed by atoms with Gasteiger partial charge in [-0.15, -0.1) is 10.2 Å². The van der Waals surface area contributed by atoms with Crippen LogP contribution in [0.3, 0.4) is 0 Å². The number of hydrogen-bond donors (Lipinski definition) is 1. The van der Waals surface area contributed by atoms with Crippen LogP contribution in [0.15, 0.2) is 41.1 Å². The Labute approximate surface area is 202 Å². The molecule has 6 rings (SSSR count). The zero-order chi connectivity index (χ0) is 23.8. The number of likely N-dealkylation sites (tertiary alicyclic amines) is 1. The Balaban J connectivity index is 1.15. The Hall–Kier alpha value is -2.98. The van der Waals surface area contributed by atoms with Gasteiger partial charge in [-0.25, -0.2) is 9.97 Å². The van der Waals surface area contributed by atoms with Crippen molar-refractivity contribution in [1.82, 2.24) is 25.1 Å². The zero-order valence-corrected chi connectivity index (χ0v) is 19.4. The molecule has 2 saturated heterocycles. The molecule has 2 aliphatic heterocycles. The first-order valence-electron chi connectivity index (χ1n) is 12.2. The summed E-state index contributed by atoms with van der Waals surface area (Å²) in [7, 11) is 0. The van der Waals surface area contributed by atoms with E-state index in [2.05, 4.69) is 54.6 Å². The molecule has 35 heavy (non-hydrogen) atoms. The predicted octanol–water partition coefficient (Wildman–Crippen LogP) is 4.53. The second kappa shape index (κ2) is 9.23. The molecule has 0 radical (unpaired) electrons. The Kier molecular flexibility index (Phi) is 5.93. The fourth-order valence-electron chi connectivity index (χ4n) is 5.29. The largest absolute Gasteiger partial charge is 0.415 e. The third-order valence-corrected chi connectivity index (χ3v) is 7.66. The molecule has 0 bridgehead atoms. The molecule has 0 unspecified atom stereocenters. The van der Waals surface area contributed by atoms with Crippen molar-refractivity contribution in [3.8, 4) is 11.5 Å². The van der Waals surface area contributed by atoms with E-state index < -0.39 is 12.3 Å². The van der Waals surface area contributed by atoms with E-state index in [4.69, 9.17) is 9.15 Å². The summed E-state index contributed by atoms with van der Waals surface area (Å²) in [5.74, 6) is 0.336. The molecule has 1 saturated carbocycles. The summed E-state index contributed by atoms with van der Waals surface area (Å²) in [5.41, 5.74) is 2.87. The van der Waals surface area contributed by atoms with Gasteiger partial charge in [0, 0.05) is 12.4 Å². The fraction of sp³-hybridized carbons (Fsp3) is 0.520. The van der Waals surface area contributed by atoms with Crippen molar-refractivity contribution in [3.05, 3.63) is 53.7 Å². The molecule has 1 aromatic carbocycles. The van der Waals surface area contributed by atoms with Gasteiger partial charge in [0.15, 0.2) is 0 Å². The van der Waals surface area contributed by atoms with E-state index in [1.54, 1.807) is 0 Å². The molecule has 1 N–H and O–H groups in total. The maximum atomic E-state index is 12.7. The Morgan fingerprint density at radius 1 is 1.06 bits per heavy atom. The summed E-state index contributed by atoms with van der Waals surface area (Å²) in [4.78, 5) is 11.4. The van der Waals surface area contributed by atoms with E-state index in [-0.39, 0.29) is 11.4 Å². The zero-order valence-electron chi connectivity index (χ0n) is 19.4. The minimum atomic E-state index is -2.81. The van der Waals surface area contributed by atoms with Crippen molar-refractivity contribution in [2.75, 3.05) is 31.6 Å². The summed E-state index contributed by atoms with van der Waals surface area (Å²) in [6.07, 6.45) is 5.71. The average Bonchev–Trinajstić information content (AvgIpc) is 3.32. The van der Waals surface area contributed by atoms with Gasteiger partial charge < -0.3 is 14.5 Å². The number of alkyl halides is 2. The third-order valence-electron chi connectivity index (χ3n) is 7.66. The van der Waals surface area contributed by atoms with Crippen LogP contribution in [-0.4, -0.2) is 57.4 Å². The number of ether oxygens (including phenoxy) is 1. The number of nitrogens with one attached hydrogen (secondary N) is 1. The smallest absolute Gasteiger partial charge is 0.314 e. The molecule has 3 aliphatic rings. The standard InChI is InChI=1S/C25H28F2N6O2/c26-21(27)23-32-31-22(35-23)18-12-28-24(29-13-18)30-25(7-2-8-25)19-4-1-3-17(11-19)16-5-9-33(10-6-16)20-14-34-15-20/h1,3-4,11-13,16,20-21H,2,5-10,14-15H2,(H,28,29,30). The Morgan fingerprint density at radius 3 is 2.43 bits per heavy atom. The lowest BCUT2D eigenvalue weighted by Gasteiger charge is -2.44. The molecule has 8 nitrogen and oxygen atoms in total. The summed E-state index contributed by atoms with van der Waals surface area (Å²) >= 11 is 0. The normalized spacial score (nSPS) is 21.0. The maximum absolute atomic E-state index is 12.7. The van der Waals surface area contributed by atoms with Crippen LogP contribution >= 0.6 is 0 Å². The Morgan fingerprint density at radius 2 is 1.83 bits per heavy atom. The highest BCUT2D eigenvalue weighted by Gasteiger charge is 2.40. The van der Waals surface area contributed by atoms with Crippen LogP contribution in [0.5, 0.6) is 0 Å². The molecule has 1 aliphatic carbocycles. The highest BCUT2D eigenvalue weighted by molar-refractivity contribution is 5.51.